The van der Waals surface area contributed by atoms with Crippen LogP contribution in [-0.4, -0.2) is 79.0 Å². The number of sulfonamides is 1. The number of hydrogen-bond acceptors (Lipinski definition) is 7. The number of amides is 1. The van der Waals surface area contributed by atoms with E-state index >= 15 is 0 Å². The molecule has 0 aromatic heterocycles. The summed E-state index contributed by atoms with van der Waals surface area (Å²) in [6.07, 6.45) is 0.270. The molecule has 2 aromatic carbocycles. The smallest absolute Gasteiger partial charge is 0.295 e. The molecule has 1 unspecified atom stereocenters. The summed E-state index contributed by atoms with van der Waals surface area (Å²) in [7, 11) is -3.72. The van der Waals surface area contributed by atoms with E-state index in [0.717, 1.165) is 4.47 Å². The fourth-order valence-corrected chi connectivity index (χ4v) is 6.08. The van der Waals surface area contributed by atoms with Crippen molar-refractivity contribution in [3.05, 3.63) is 69.7 Å². The monoisotopic (exact) mass is 564 g/mol. The van der Waals surface area contributed by atoms with Crippen molar-refractivity contribution >= 4 is 43.4 Å². The second-order valence-electron chi connectivity index (χ2n) is 8.17. The molecule has 11 heteroatoms. The van der Waals surface area contributed by atoms with E-state index in [9.17, 15) is 28.2 Å². The van der Waals surface area contributed by atoms with Crippen LogP contribution in [0.4, 0.5) is 0 Å². The molecule has 4 rings (SSSR count). The molecule has 2 fully saturated rings. The van der Waals surface area contributed by atoms with Gasteiger partial charge in [-0.05, 0) is 48.4 Å². The van der Waals surface area contributed by atoms with Gasteiger partial charge in [0.05, 0.1) is 29.7 Å². The summed E-state index contributed by atoms with van der Waals surface area (Å²) >= 11 is 3.40. The topological polar surface area (TPSA) is 124 Å². The Bertz CT molecular complexity index is 1250. The van der Waals surface area contributed by atoms with E-state index in [1.165, 1.54) is 33.5 Å². The lowest BCUT2D eigenvalue weighted by molar-refractivity contribution is -0.140. The van der Waals surface area contributed by atoms with E-state index in [1.807, 2.05) is 0 Å². The first kappa shape index (κ1) is 25.5. The first-order valence-corrected chi connectivity index (χ1v) is 13.3. The maximum absolute atomic E-state index is 13.0. The molecular weight excluding hydrogens is 540 g/mol. The lowest BCUT2D eigenvalue weighted by Gasteiger charge is -2.26. The number of rotatable bonds is 7. The van der Waals surface area contributed by atoms with Crippen LogP contribution in [0, 0.1) is 0 Å². The number of halogens is 1. The molecule has 2 saturated heterocycles. The maximum atomic E-state index is 13.0. The summed E-state index contributed by atoms with van der Waals surface area (Å²) in [4.78, 5) is 27.2. The number of aliphatic hydroxyl groups excluding tert-OH is 2. The minimum Gasteiger partial charge on any atom is -0.507 e. The highest BCUT2D eigenvalue weighted by atomic mass is 79.9. The predicted molar refractivity (Wildman–Crippen MR) is 131 cm³/mol. The highest BCUT2D eigenvalue weighted by Crippen LogP contribution is 2.40. The van der Waals surface area contributed by atoms with Crippen LogP contribution < -0.4 is 0 Å². The van der Waals surface area contributed by atoms with E-state index in [2.05, 4.69) is 15.9 Å². The number of carbonyl (C=O) groups excluding carboxylic acids is 2. The van der Waals surface area contributed by atoms with Gasteiger partial charge in [-0.2, -0.15) is 4.31 Å². The highest BCUT2D eigenvalue weighted by molar-refractivity contribution is 9.10. The number of benzene rings is 2. The van der Waals surface area contributed by atoms with Gasteiger partial charge < -0.3 is 19.8 Å². The van der Waals surface area contributed by atoms with Gasteiger partial charge in [0, 0.05) is 36.3 Å². The van der Waals surface area contributed by atoms with Crippen LogP contribution in [0.25, 0.3) is 5.76 Å². The Morgan fingerprint density at radius 2 is 1.77 bits per heavy atom. The molecule has 0 aliphatic carbocycles. The van der Waals surface area contributed by atoms with E-state index in [1.54, 1.807) is 24.3 Å². The van der Waals surface area contributed by atoms with Crippen LogP contribution >= 0.6 is 15.9 Å². The summed E-state index contributed by atoms with van der Waals surface area (Å²) in [6.45, 7) is 1.13. The summed E-state index contributed by atoms with van der Waals surface area (Å²) in [6, 6.07) is 11.8. The third-order valence-corrected chi connectivity index (χ3v) is 8.40. The number of ketones is 1. The van der Waals surface area contributed by atoms with Crippen LogP contribution in [0.1, 0.15) is 23.6 Å². The van der Waals surface area contributed by atoms with E-state index in [0.29, 0.717) is 18.8 Å². The fraction of sp³-hybridized carbons (Fsp3) is 0.333. The van der Waals surface area contributed by atoms with E-state index in [-0.39, 0.29) is 48.7 Å². The van der Waals surface area contributed by atoms with Crippen molar-refractivity contribution in [1.29, 1.82) is 0 Å². The second kappa shape index (κ2) is 10.6. The van der Waals surface area contributed by atoms with Gasteiger partial charge in [-0.25, -0.2) is 8.42 Å². The number of carbonyl (C=O) groups is 2. The van der Waals surface area contributed by atoms with Crippen LogP contribution in [0.3, 0.4) is 0 Å². The molecule has 186 valence electrons. The summed E-state index contributed by atoms with van der Waals surface area (Å²) in [5, 5.41) is 20.4. The van der Waals surface area contributed by atoms with Gasteiger partial charge in [0.1, 0.15) is 5.76 Å². The molecule has 1 amide bonds. The lowest BCUT2D eigenvalue weighted by atomic mass is 9.95. The molecule has 1 atom stereocenters. The number of Topliss-reactive ketones (excluding diaryl/α,β-unsaturated/α-hetero) is 1. The van der Waals surface area contributed by atoms with Crippen molar-refractivity contribution in [2.75, 3.05) is 39.5 Å². The Morgan fingerprint density at radius 1 is 1.09 bits per heavy atom. The normalized spacial score (nSPS) is 21.0. The maximum Gasteiger partial charge on any atom is 0.295 e. The molecule has 0 spiro atoms. The standard InChI is InChI=1S/C24H25BrN2O7S/c25-18-4-1-3-17(15-18)21-20(23(30)24(31)27(21)9-2-12-28)22(29)16-5-7-19(8-6-16)35(32,33)26-10-13-34-14-11-26/h1,3-8,15,21,28-29H,2,9-14H2. The van der Waals surface area contributed by atoms with Crippen molar-refractivity contribution < 1.29 is 33.0 Å². The number of likely N-dealkylation sites (tertiary alicyclic amines) is 1. The minimum absolute atomic E-state index is 0.0582. The first-order valence-electron chi connectivity index (χ1n) is 11.1. The van der Waals surface area contributed by atoms with Crippen molar-refractivity contribution in [1.82, 2.24) is 9.21 Å². The van der Waals surface area contributed by atoms with Crippen molar-refractivity contribution in [2.45, 2.75) is 17.4 Å². The number of aliphatic hydroxyl groups is 2. The average molecular weight is 565 g/mol. The van der Waals surface area contributed by atoms with Crippen LogP contribution in [0.2, 0.25) is 0 Å². The SMILES string of the molecule is O=C1C(=O)N(CCCO)C(c2cccc(Br)c2)C1=C(O)c1ccc(S(=O)(=O)N2CCOCC2)cc1. The zero-order valence-corrected chi connectivity index (χ0v) is 21.2. The van der Waals surface area contributed by atoms with Crippen molar-refractivity contribution in [3.63, 3.8) is 0 Å². The van der Waals surface area contributed by atoms with Gasteiger partial charge in [0.15, 0.2) is 0 Å². The molecule has 2 N–H and O–H groups in total. The van der Waals surface area contributed by atoms with E-state index < -0.39 is 33.5 Å². The Hall–Kier alpha value is -2.57. The lowest BCUT2D eigenvalue weighted by Crippen LogP contribution is -2.40. The highest BCUT2D eigenvalue weighted by Gasteiger charge is 2.45. The molecule has 0 radical (unpaired) electrons. The fourth-order valence-electron chi connectivity index (χ4n) is 4.25. The van der Waals surface area contributed by atoms with Crippen LogP contribution in [0.5, 0.6) is 0 Å². The van der Waals surface area contributed by atoms with Gasteiger partial charge in [0.2, 0.25) is 10.0 Å². The molecule has 35 heavy (non-hydrogen) atoms. The zero-order chi connectivity index (χ0) is 25.2. The number of hydrogen-bond donors (Lipinski definition) is 2. The Labute approximate surface area is 211 Å². The molecular formula is C24H25BrN2O7S. The van der Waals surface area contributed by atoms with Crippen molar-refractivity contribution in [3.8, 4) is 0 Å². The summed E-state index contributed by atoms with van der Waals surface area (Å²) < 4.78 is 33.1. The van der Waals surface area contributed by atoms with Crippen LogP contribution in [0.15, 0.2) is 63.5 Å². The van der Waals surface area contributed by atoms with Gasteiger partial charge in [0.25, 0.3) is 11.7 Å². The van der Waals surface area contributed by atoms with Crippen LogP contribution in [-0.2, 0) is 24.3 Å². The Morgan fingerprint density at radius 3 is 2.40 bits per heavy atom. The van der Waals surface area contributed by atoms with Crippen molar-refractivity contribution in [2.24, 2.45) is 0 Å². The third kappa shape index (κ3) is 5.05. The van der Waals surface area contributed by atoms with E-state index in [4.69, 9.17) is 4.74 Å². The molecule has 9 nitrogen and oxygen atoms in total. The van der Waals surface area contributed by atoms with Gasteiger partial charge in [-0.3, -0.25) is 9.59 Å². The second-order valence-corrected chi connectivity index (χ2v) is 11.0. The summed E-state index contributed by atoms with van der Waals surface area (Å²) in [5.41, 5.74) is 0.741. The molecule has 2 aromatic rings. The Balaban J connectivity index is 1.74. The minimum atomic E-state index is -3.72. The number of nitrogens with zero attached hydrogens (tertiary/aromatic N) is 2. The Kier molecular flexibility index (Phi) is 7.72. The number of morpholine rings is 1. The quantitative estimate of drug-likeness (QED) is 0.300. The molecule has 2 heterocycles. The largest absolute Gasteiger partial charge is 0.507 e. The first-order chi connectivity index (χ1) is 16.8. The summed E-state index contributed by atoms with van der Waals surface area (Å²) in [5.74, 6) is -2.00. The zero-order valence-electron chi connectivity index (χ0n) is 18.8. The molecule has 2 aliphatic heterocycles. The molecule has 0 saturated carbocycles. The molecule has 2 aliphatic rings. The number of ether oxygens (including phenoxy) is 1. The van der Waals surface area contributed by atoms with Gasteiger partial charge in [-0.15, -0.1) is 0 Å². The van der Waals surface area contributed by atoms with Gasteiger partial charge in [-0.1, -0.05) is 28.1 Å². The third-order valence-electron chi connectivity index (χ3n) is 6.00. The average Bonchev–Trinajstić information content (AvgIpc) is 3.12. The predicted octanol–water partition coefficient (Wildman–Crippen LogP) is 2.27. The molecule has 0 bridgehead atoms. The van der Waals surface area contributed by atoms with Gasteiger partial charge >= 0.3 is 0 Å².